The van der Waals surface area contributed by atoms with Crippen molar-refractivity contribution in [2.24, 2.45) is 5.73 Å². The molecule has 0 saturated heterocycles. The third-order valence-electron chi connectivity index (χ3n) is 2.55. The summed E-state index contributed by atoms with van der Waals surface area (Å²) in [7, 11) is 0. The Morgan fingerprint density at radius 3 is 2.65 bits per heavy atom. The molecule has 94 valence electrons. The van der Waals surface area contributed by atoms with Gasteiger partial charge in [0.1, 0.15) is 11.7 Å². The average molecular weight is 256 g/mol. The predicted octanol–water partition coefficient (Wildman–Crippen LogP) is 2.11. The molecule has 0 radical (unpaired) electrons. The number of amidine groups is 1. The van der Waals surface area contributed by atoms with Crippen LogP contribution < -0.4 is 5.73 Å². The molecule has 0 fully saturated rings. The lowest BCUT2D eigenvalue weighted by atomic mass is 10.1. The fourth-order valence-electron chi connectivity index (χ4n) is 1.19. The Balaban J connectivity index is 2.70. The minimum atomic E-state index is -0.417. The van der Waals surface area contributed by atoms with Gasteiger partial charge in [0, 0.05) is 16.6 Å². The fourth-order valence-corrected chi connectivity index (χ4v) is 2.15. The van der Waals surface area contributed by atoms with Crippen LogP contribution in [0.4, 0.5) is 4.39 Å². The number of thioether (sulfide) groups is 1. The number of aliphatic hydroxyl groups excluding tert-OH is 1. The molecule has 3 nitrogen and oxygen atoms in total. The molecule has 0 bridgehead atoms. The Bertz CT molecular complexity index is 409. The first-order chi connectivity index (χ1) is 7.91. The Kier molecular flexibility index (Phi) is 4.96. The Morgan fingerprint density at radius 1 is 1.53 bits per heavy atom. The number of halogens is 1. The lowest BCUT2D eigenvalue weighted by Crippen LogP contribution is -2.15. The van der Waals surface area contributed by atoms with E-state index in [-0.39, 0.29) is 16.9 Å². The van der Waals surface area contributed by atoms with Gasteiger partial charge >= 0.3 is 0 Å². The Hall–Kier alpha value is -1.07. The van der Waals surface area contributed by atoms with E-state index in [0.717, 1.165) is 0 Å². The van der Waals surface area contributed by atoms with Crippen molar-refractivity contribution in [3.8, 4) is 0 Å². The molecular formula is C12H17FN2OS. The second-order valence-corrected chi connectivity index (χ2v) is 5.34. The zero-order chi connectivity index (χ0) is 13.0. The maximum Gasteiger partial charge on any atom is 0.127 e. The molecule has 0 spiro atoms. The van der Waals surface area contributed by atoms with Crippen molar-refractivity contribution >= 4 is 17.6 Å². The van der Waals surface area contributed by atoms with E-state index in [4.69, 9.17) is 11.1 Å². The molecule has 0 aliphatic heterocycles. The molecule has 0 heterocycles. The van der Waals surface area contributed by atoms with Crippen LogP contribution >= 0.6 is 11.8 Å². The molecule has 0 aromatic heterocycles. The highest BCUT2D eigenvalue weighted by Crippen LogP contribution is 2.22. The van der Waals surface area contributed by atoms with E-state index in [2.05, 4.69) is 0 Å². The van der Waals surface area contributed by atoms with Gasteiger partial charge in [-0.2, -0.15) is 11.8 Å². The summed E-state index contributed by atoms with van der Waals surface area (Å²) >= 11 is 1.49. The molecule has 0 aliphatic carbocycles. The summed E-state index contributed by atoms with van der Waals surface area (Å²) < 4.78 is 13.6. The predicted molar refractivity (Wildman–Crippen MR) is 69.9 cm³/mol. The number of rotatable bonds is 5. The maximum absolute atomic E-state index is 13.6. The summed E-state index contributed by atoms with van der Waals surface area (Å²) in [6.07, 6.45) is -0.417. The highest BCUT2D eigenvalue weighted by molar-refractivity contribution is 7.99. The van der Waals surface area contributed by atoms with Crippen molar-refractivity contribution in [1.29, 1.82) is 5.41 Å². The van der Waals surface area contributed by atoms with Crippen LogP contribution in [0.2, 0.25) is 0 Å². The van der Waals surface area contributed by atoms with Gasteiger partial charge in [-0.1, -0.05) is 19.1 Å². The Labute approximate surface area is 105 Å². The highest BCUT2D eigenvalue weighted by Gasteiger charge is 2.11. The molecular weight excluding hydrogens is 239 g/mol. The smallest absolute Gasteiger partial charge is 0.127 e. The van der Waals surface area contributed by atoms with Gasteiger partial charge in [-0.05, 0) is 18.6 Å². The topological polar surface area (TPSA) is 70.1 Å². The second kappa shape index (κ2) is 6.02. The molecule has 2 unspecified atom stereocenters. The van der Waals surface area contributed by atoms with E-state index >= 15 is 0 Å². The molecule has 2 atom stereocenters. The van der Waals surface area contributed by atoms with Gasteiger partial charge in [0.25, 0.3) is 0 Å². The third kappa shape index (κ3) is 4.02. The molecule has 1 aromatic rings. The van der Waals surface area contributed by atoms with E-state index < -0.39 is 6.10 Å². The molecule has 0 amide bonds. The third-order valence-corrected chi connectivity index (χ3v) is 3.94. The molecule has 1 rings (SSSR count). The summed E-state index contributed by atoms with van der Waals surface area (Å²) in [5, 5.41) is 16.6. The lowest BCUT2D eigenvalue weighted by molar-refractivity contribution is 0.196. The van der Waals surface area contributed by atoms with Crippen LogP contribution in [-0.2, 0) is 5.75 Å². The molecule has 1 aromatic carbocycles. The van der Waals surface area contributed by atoms with Gasteiger partial charge in [-0.25, -0.2) is 4.39 Å². The van der Waals surface area contributed by atoms with E-state index in [1.807, 2.05) is 6.92 Å². The van der Waals surface area contributed by atoms with E-state index in [0.29, 0.717) is 16.9 Å². The number of hydrogen-bond acceptors (Lipinski definition) is 3. The van der Waals surface area contributed by atoms with Gasteiger partial charge in [0.2, 0.25) is 0 Å². The van der Waals surface area contributed by atoms with Crippen molar-refractivity contribution < 1.29 is 9.50 Å². The summed E-state index contributed by atoms with van der Waals surface area (Å²) in [6.45, 7) is 3.62. The van der Waals surface area contributed by atoms with Gasteiger partial charge < -0.3 is 10.8 Å². The van der Waals surface area contributed by atoms with E-state index in [1.165, 1.54) is 17.8 Å². The molecule has 0 aliphatic rings. The maximum atomic E-state index is 13.6. The number of aliphatic hydroxyl groups is 1. The molecule has 0 saturated carbocycles. The molecule has 5 heteroatoms. The number of nitrogens with two attached hydrogens (primary N) is 1. The second-order valence-electron chi connectivity index (χ2n) is 3.98. The van der Waals surface area contributed by atoms with Gasteiger partial charge in [0.15, 0.2) is 0 Å². The zero-order valence-corrected chi connectivity index (χ0v) is 10.7. The van der Waals surface area contributed by atoms with E-state index in [1.54, 1.807) is 19.1 Å². The van der Waals surface area contributed by atoms with Crippen LogP contribution in [0.15, 0.2) is 18.2 Å². The quantitative estimate of drug-likeness (QED) is 0.558. The molecule has 4 N–H and O–H groups in total. The zero-order valence-electron chi connectivity index (χ0n) is 9.90. The summed E-state index contributed by atoms with van der Waals surface area (Å²) in [5.74, 6) is -0.000695. The van der Waals surface area contributed by atoms with Gasteiger partial charge in [0.05, 0.1) is 6.10 Å². The van der Waals surface area contributed by atoms with Crippen molar-refractivity contribution in [1.82, 2.24) is 0 Å². The minimum absolute atomic E-state index is 0.0573. The van der Waals surface area contributed by atoms with Crippen molar-refractivity contribution in [3.63, 3.8) is 0 Å². The largest absolute Gasteiger partial charge is 0.392 e. The van der Waals surface area contributed by atoms with Gasteiger partial charge in [-0.3, -0.25) is 5.41 Å². The van der Waals surface area contributed by atoms with Crippen LogP contribution in [0.1, 0.15) is 25.0 Å². The first-order valence-corrected chi connectivity index (χ1v) is 6.39. The van der Waals surface area contributed by atoms with E-state index in [9.17, 15) is 9.50 Å². The SMILES string of the molecule is CC(O)C(C)SCc1ccc(C(=N)N)cc1F. The normalized spacial score (nSPS) is 14.4. The number of nitrogens with one attached hydrogen (secondary N) is 1. The number of benzene rings is 1. The van der Waals surface area contributed by atoms with Crippen molar-refractivity contribution in [2.75, 3.05) is 0 Å². The highest BCUT2D eigenvalue weighted by atomic mass is 32.2. The minimum Gasteiger partial charge on any atom is -0.392 e. The standard InChI is InChI=1S/C12H17FN2OS/c1-7(16)8(2)17-6-10-4-3-9(12(14)15)5-11(10)13/h3-5,7-8,16H,6H2,1-2H3,(H3,14,15). The monoisotopic (exact) mass is 256 g/mol. The van der Waals surface area contributed by atoms with Crippen LogP contribution in [0.5, 0.6) is 0 Å². The number of hydrogen-bond donors (Lipinski definition) is 3. The number of nitrogen functional groups attached to an aromatic ring is 1. The first kappa shape index (κ1) is 14.0. The fraction of sp³-hybridized carbons (Fsp3) is 0.417. The van der Waals surface area contributed by atoms with Crippen LogP contribution in [0, 0.1) is 11.2 Å². The van der Waals surface area contributed by atoms with Crippen molar-refractivity contribution in [2.45, 2.75) is 31.0 Å². The first-order valence-electron chi connectivity index (χ1n) is 5.34. The average Bonchev–Trinajstić information content (AvgIpc) is 2.26. The lowest BCUT2D eigenvalue weighted by Gasteiger charge is -2.14. The van der Waals surface area contributed by atoms with Crippen LogP contribution in [0.25, 0.3) is 0 Å². The summed E-state index contributed by atoms with van der Waals surface area (Å²) in [4.78, 5) is 0. The van der Waals surface area contributed by atoms with Crippen LogP contribution in [0.3, 0.4) is 0 Å². The van der Waals surface area contributed by atoms with Crippen molar-refractivity contribution in [3.05, 3.63) is 35.1 Å². The summed E-state index contributed by atoms with van der Waals surface area (Å²) in [5.41, 5.74) is 6.22. The Morgan fingerprint density at radius 2 is 2.18 bits per heavy atom. The molecule has 17 heavy (non-hydrogen) atoms. The summed E-state index contributed by atoms with van der Waals surface area (Å²) in [6, 6.07) is 4.54. The van der Waals surface area contributed by atoms with Gasteiger partial charge in [-0.15, -0.1) is 0 Å². The van der Waals surface area contributed by atoms with Crippen LogP contribution in [-0.4, -0.2) is 22.3 Å².